The Balaban J connectivity index is 0.000000531. The first-order valence-corrected chi connectivity index (χ1v) is 43.8. The molecule has 10 heterocycles. The number of hydrogen-bond acceptors (Lipinski definition) is 22. The van der Waals surface area contributed by atoms with Crippen molar-refractivity contribution < 1.29 is 98.8 Å². The summed E-state index contributed by atoms with van der Waals surface area (Å²) < 4.78 is 69.3. The SMILES string of the molecule is C1CCNC1.CCCCn1cc[n+](C)c1.CCO.CCOC(=N)CC(=O)OCC.CCOC(=O)C1=C(N2CCCC2)NC2=C(C(=O)OC(c3c(C)cc(C)cc3C)C2)C1c1cccc2[nH]ccc12.CCOC(=O)CC(=N)N1CCCC1.CCOC(=O)CC(=N)N1CCCC1.Cc1cc(C)c(C2CC(=O)CC(=O)O2)c(C)c1.Cl.Cl.FB(F)F.O=Cc1cccc2[nH]ccc12.[F-]. The number of carbonyl (C=O) groups is 8. The number of aromatic amines is 2. The lowest BCUT2D eigenvalue weighted by molar-refractivity contribution is -0.671. The molecule has 0 radical (unpaired) electrons. The number of hydrogen-bond donors (Lipinski definition) is 8. The quantitative estimate of drug-likeness (QED) is 0.00404. The number of aldehydes is 1. The highest BCUT2D eigenvalue weighted by Gasteiger charge is 2.46. The molecule has 8 N–H and O–H groups in total. The van der Waals surface area contributed by atoms with E-state index < -0.39 is 49.5 Å². The van der Waals surface area contributed by atoms with E-state index in [1.807, 2.05) is 105 Å². The summed E-state index contributed by atoms with van der Waals surface area (Å²) >= 11 is 0. The number of dihydropyridines is 1. The number of rotatable bonds is 20. The zero-order chi connectivity index (χ0) is 92.8. The van der Waals surface area contributed by atoms with E-state index in [2.05, 4.69) is 110 Å². The summed E-state index contributed by atoms with van der Waals surface area (Å²) in [6, 6.07) is 23.9. The third-order valence-electron chi connectivity index (χ3n) is 20.7. The van der Waals surface area contributed by atoms with E-state index in [0.29, 0.717) is 62.1 Å². The zero-order valence-corrected chi connectivity index (χ0v) is 78.9. The second-order valence-corrected chi connectivity index (χ2v) is 30.7. The Morgan fingerprint density at radius 2 is 1.05 bits per heavy atom. The van der Waals surface area contributed by atoms with Gasteiger partial charge in [-0.25, -0.2) is 18.7 Å². The predicted octanol–water partition coefficient (Wildman–Crippen LogP) is 13.3. The van der Waals surface area contributed by atoms with Crippen molar-refractivity contribution in [2.75, 3.05) is 92.0 Å². The number of aromatic nitrogens is 4. The normalized spacial score (nSPS) is 16.0. The fourth-order valence-corrected chi connectivity index (χ4v) is 15.5. The lowest BCUT2D eigenvalue weighted by Gasteiger charge is -2.40. The van der Waals surface area contributed by atoms with E-state index in [1.165, 1.54) is 49.9 Å². The Hall–Kier alpha value is -10.9. The van der Waals surface area contributed by atoms with E-state index in [4.69, 9.17) is 49.8 Å². The minimum Gasteiger partial charge on any atom is -1.00 e. The zero-order valence-electron chi connectivity index (χ0n) is 77.3. The number of nitrogens with zero attached hydrogens (tertiary/aromatic N) is 5. The molecule has 5 fully saturated rings. The van der Waals surface area contributed by atoms with Gasteiger partial charge in [0.25, 0.3) is 0 Å². The van der Waals surface area contributed by atoms with Gasteiger partial charge in [0.05, 0.1) is 63.7 Å². The van der Waals surface area contributed by atoms with Crippen molar-refractivity contribution >= 4 is 120 Å². The molecule has 0 amide bonds. The van der Waals surface area contributed by atoms with Gasteiger partial charge in [0.1, 0.15) is 73.6 Å². The van der Waals surface area contributed by atoms with E-state index in [0.717, 1.165) is 168 Å². The molecule has 4 aromatic carbocycles. The molecule has 0 spiro atoms. The number of halogens is 6. The van der Waals surface area contributed by atoms with Gasteiger partial charge in [-0.1, -0.05) is 73.0 Å². The van der Waals surface area contributed by atoms with Gasteiger partial charge >= 0.3 is 43.4 Å². The third-order valence-corrected chi connectivity index (χ3v) is 20.7. The maximum Gasteiger partial charge on any atom is 0.762 e. The Kier molecular flexibility index (Phi) is 54.5. The summed E-state index contributed by atoms with van der Waals surface area (Å²) in [5.74, 6) is -1.33. The van der Waals surface area contributed by atoms with Crippen molar-refractivity contribution in [2.24, 2.45) is 7.05 Å². The molecule has 3 aromatic heterocycles. The van der Waals surface area contributed by atoms with Crippen LogP contribution in [0.5, 0.6) is 0 Å². The van der Waals surface area contributed by atoms with Crippen LogP contribution < -0.4 is 19.9 Å². The topological polar surface area (TPSA) is 367 Å². The van der Waals surface area contributed by atoms with Crippen LogP contribution in [0.15, 0.2) is 127 Å². The third kappa shape index (κ3) is 38.4. The number of nitrogens with one attached hydrogen (secondary N) is 7. The molecule has 3 atom stereocenters. The molecule has 28 nitrogen and oxygen atoms in total. The molecule has 35 heteroatoms. The smallest absolute Gasteiger partial charge is 0.762 e. The summed E-state index contributed by atoms with van der Waals surface area (Å²) in [4.78, 5) is 106. The van der Waals surface area contributed by atoms with Gasteiger partial charge in [0.15, 0.2) is 12.2 Å². The number of unbranched alkanes of at least 4 members (excludes halogenated alkanes) is 1. The highest BCUT2D eigenvalue weighted by atomic mass is 35.5. The van der Waals surface area contributed by atoms with Gasteiger partial charge in [-0.05, 0) is 217 Å². The molecule has 0 saturated carbocycles. The number of H-pyrrole nitrogens is 2. The van der Waals surface area contributed by atoms with Gasteiger partial charge in [-0.15, -0.1) is 24.8 Å². The number of esters is 6. The molecule has 129 heavy (non-hydrogen) atoms. The van der Waals surface area contributed by atoms with Gasteiger partial charge in [-0.2, -0.15) is 0 Å². The van der Waals surface area contributed by atoms with Crippen LogP contribution in [0.2, 0.25) is 0 Å². The number of carbonyl (C=O) groups excluding carboxylic acids is 8. The maximum absolute atomic E-state index is 14.0. The van der Waals surface area contributed by atoms with Crippen LogP contribution in [-0.2, 0) is 80.3 Å². The summed E-state index contributed by atoms with van der Waals surface area (Å²) in [6.07, 6.45) is 22.9. The van der Waals surface area contributed by atoms with Crippen LogP contribution in [0, 0.1) is 57.8 Å². The van der Waals surface area contributed by atoms with E-state index >= 15 is 0 Å². The Bertz CT molecular complexity index is 4640. The number of cyclic esters (lactones) is 2. The van der Waals surface area contributed by atoms with Crippen LogP contribution >= 0.6 is 24.8 Å². The van der Waals surface area contributed by atoms with E-state index in [-0.39, 0.29) is 92.0 Å². The van der Waals surface area contributed by atoms with Crippen molar-refractivity contribution in [3.63, 3.8) is 0 Å². The number of benzene rings is 4. The summed E-state index contributed by atoms with van der Waals surface area (Å²) in [7, 11) is -1.62. The number of aryl methyl sites for hydroxylation is 8. The van der Waals surface area contributed by atoms with Crippen LogP contribution in [0.1, 0.15) is 230 Å². The molecule has 0 bridgehead atoms. The number of ketones is 1. The molecule has 5 saturated heterocycles. The first kappa shape index (κ1) is 114. The molecular formula is C94H135BCl2F4N12O16. The van der Waals surface area contributed by atoms with E-state index in [1.54, 1.807) is 34.6 Å². The second-order valence-electron chi connectivity index (χ2n) is 30.7. The number of aliphatic hydroxyl groups excluding tert-OH is 1. The van der Waals surface area contributed by atoms with Gasteiger partial charge in [-0.3, -0.25) is 57.9 Å². The fourth-order valence-electron chi connectivity index (χ4n) is 15.5. The highest BCUT2D eigenvalue weighted by molar-refractivity contribution is 6.33. The standard InChI is InChI=1S/C32H35N3O4.C14H16O3.2C9H16N2O2.C9H7NO.C8H15N2.C7H13NO3.C4H9N.C2H6O.BF3.2ClH.FH/c1-5-38-31(36)29-27(22-9-8-10-23-21(22)11-12-33-23)28-24(34-30(29)35-13-6-7-14-35)17-25(39-32(28)37)26-19(3)15-18(2)16-20(26)4;1-8-4-9(2)14(10(3)5-8)12-6-11(15)7-13(16)17-12;2*1-2-13-9(12)7-8(10)11-5-3-4-6-11;11-6-7-2-1-3-9-8(7)4-5-10-9;1-3-4-5-10-7-6-9(2)8-10;1-3-10-6(8)5-7(9)11-4-2;1-2-4-5-3-1;1-2-3;2-1(3)4;;;/h8-12,15-16,25,27,33-34H,5-7,13-14,17H2,1-4H3;4-5,12H,6-7H2,1-3H3;2*10H,2-7H2,1H3;1-6,10H;6-8H,3-5H2,1-2H3;8H,3-5H2,1-2H3;5H,1-4H2;3H,2H2,1H3;;3*1H/q;;;;;+1;;;;;;;/p-1. The number of ether oxygens (including phenoxy) is 7. The number of aliphatic hydroxyl groups is 1. The Morgan fingerprint density at radius 3 is 1.49 bits per heavy atom. The minimum absolute atomic E-state index is 0. The summed E-state index contributed by atoms with van der Waals surface area (Å²) in [6.45, 7) is 36.0. The number of amidine groups is 2. The molecule has 7 aromatic rings. The molecule has 3 unspecified atom stereocenters. The second kappa shape index (κ2) is 61.6. The molecule has 0 aliphatic carbocycles. The maximum atomic E-state index is 14.0. The lowest BCUT2D eigenvalue weighted by Crippen LogP contribution is -3.00. The number of fused-ring (bicyclic) bond motifs is 2. The average molecular weight is 1850 g/mol. The first-order valence-electron chi connectivity index (χ1n) is 43.8. The Morgan fingerprint density at radius 1 is 0.605 bits per heavy atom. The summed E-state index contributed by atoms with van der Waals surface area (Å²) in [5, 5.41) is 38.6. The van der Waals surface area contributed by atoms with Crippen LogP contribution in [0.3, 0.4) is 0 Å². The van der Waals surface area contributed by atoms with Crippen molar-refractivity contribution in [3.8, 4) is 0 Å². The molecule has 7 aliphatic heterocycles. The highest BCUT2D eigenvalue weighted by Crippen LogP contribution is 2.48. The molecule has 14 rings (SSSR count). The van der Waals surface area contributed by atoms with Gasteiger partial charge in [0, 0.05) is 104 Å². The lowest BCUT2D eigenvalue weighted by atomic mass is 9.77. The summed E-state index contributed by atoms with van der Waals surface area (Å²) in [5.41, 5.74) is 14.2. The first-order chi connectivity index (χ1) is 60.4. The van der Waals surface area contributed by atoms with Crippen molar-refractivity contribution in [1.29, 1.82) is 16.2 Å². The van der Waals surface area contributed by atoms with Crippen molar-refractivity contribution in [3.05, 3.63) is 182 Å². The molecule has 712 valence electrons. The fraction of sp³-hybridized carbons (Fsp3) is 0.511. The van der Waals surface area contributed by atoms with Crippen LogP contribution in [0.4, 0.5) is 12.9 Å². The van der Waals surface area contributed by atoms with Crippen molar-refractivity contribution in [1.82, 2.24) is 39.9 Å². The monoisotopic (exact) mass is 1840 g/mol. The molecule has 7 aliphatic rings. The van der Waals surface area contributed by atoms with E-state index in [9.17, 15) is 51.3 Å². The molecular weight excluding hydrogens is 1710 g/mol. The number of Topliss-reactive ketones (excluding diaryl/α,β-unsaturated/α-hetero) is 1. The number of imidazole rings is 1. The van der Waals surface area contributed by atoms with Crippen LogP contribution in [0.25, 0.3) is 21.8 Å². The minimum atomic E-state index is -3.67. The Labute approximate surface area is 769 Å². The van der Waals surface area contributed by atoms with Gasteiger partial charge in [0.2, 0.25) is 6.33 Å². The van der Waals surface area contributed by atoms with Gasteiger partial charge < -0.3 is 78.3 Å². The largest absolute Gasteiger partial charge is 1.00 e. The van der Waals surface area contributed by atoms with Crippen molar-refractivity contribution in [2.45, 2.75) is 217 Å². The van der Waals surface area contributed by atoms with Crippen LogP contribution in [-0.4, -0.2) is 199 Å². The average Bonchev–Trinajstić information content (AvgIpc) is 1.55. The predicted molar refractivity (Wildman–Crippen MR) is 496 cm³/mol. The number of likely N-dealkylation sites (tertiary alicyclic amines) is 3.